The fourth-order valence-corrected chi connectivity index (χ4v) is 7.31. The van der Waals surface area contributed by atoms with E-state index in [1.54, 1.807) is 16.8 Å². The molecule has 2 aliphatic rings. The molecular weight excluding hydrogens is 772 g/mol. The second-order valence-corrected chi connectivity index (χ2v) is 14.8. The van der Waals surface area contributed by atoms with Crippen LogP contribution >= 0.6 is 0 Å². The summed E-state index contributed by atoms with van der Waals surface area (Å²) in [6, 6.07) is 10.6. The minimum Gasteiger partial charge on any atom is -0.487 e. The molecule has 0 unspecified atom stereocenters. The van der Waals surface area contributed by atoms with Gasteiger partial charge in [-0.3, -0.25) is 19.3 Å². The quantitative estimate of drug-likeness (QED) is 0.147. The molecule has 2 aromatic carbocycles. The number of amides is 4. The number of nitrogens with one attached hydrogen (secondary N) is 1. The van der Waals surface area contributed by atoms with Crippen LogP contribution in [0.1, 0.15) is 55.1 Å². The monoisotopic (exact) mass is 829 g/mol. The third kappa shape index (κ3) is 12.3. The molecule has 1 aromatic heterocycles. The number of halogens is 2. The summed E-state index contributed by atoms with van der Waals surface area (Å²) in [5.74, 6) is -3.90. The Balaban J connectivity index is 1.07. The van der Waals surface area contributed by atoms with E-state index in [1.165, 1.54) is 24.6 Å². The van der Waals surface area contributed by atoms with Crippen LogP contribution in [0.2, 0.25) is 0 Å². The number of ether oxygens (including phenoxy) is 5. The minimum atomic E-state index is -1.25. The molecule has 324 valence electrons. The number of aromatic nitrogens is 1. The maximum absolute atomic E-state index is 15.1. The second kappa shape index (κ2) is 22.5. The van der Waals surface area contributed by atoms with Gasteiger partial charge < -0.3 is 48.5 Å². The summed E-state index contributed by atoms with van der Waals surface area (Å²) in [4.78, 5) is 56.4. The number of fused-ring (bicyclic) bond motifs is 1. The van der Waals surface area contributed by atoms with Gasteiger partial charge in [-0.05, 0) is 37.3 Å². The van der Waals surface area contributed by atoms with Crippen molar-refractivity contribution in [3.8, 4) is 5.75 Å². The van der Waals surface area contributed by atoms with Gasteiger partial charge in [-0.15, -0.1) is 0 Å². The number of carboxylic acid groups (broad SMARTS) is 1. The normalized spacial score (nSPS) is 15.9. The zero-order chi connectivity index (χ0) is 42.3. The van der Waals surface area contributed by atoms with Gasteiger partial charge in [0.1, 0.15) is 24.4 Å². The second-order valence-electron chi connectivity index (χ2n) is 14.8. The Morgan fingerprint density at radius 3 is 2.02 bits per heavy atom. The number of benzene rings is 2. The zero-order valence-corrected chi connectivity index (χ0v) is 34.2. The third-order valence-electron chi connectivity index (χ3n) is 10.9. The highest BCUT2D eigenvalue weighted by Gasteiger charge is 2.37. The molecule has 1 aliphatic carbocycles. The Morgan fingerprint density at radius 1 is 0.831 bits per heavy atom. The van der Waals surface area contributed by atoms with Crippen molar-refractivity contribution in [2.75, 3.05) is 86.1 Å². The van der Waals surface area contributed by atoms with E-state index in [0.717, 1.165) is 48.6 Å². The number of likely N-dealkylation sites (N-methyl/N-ethyl adjacent to an activating group) is 1. The van der Waals surface area contributed by atoms with Crippen LogP contribution in [0.3, 0.4) is 0 Å². The third-order valence-corrected chi connectivity index (χ3v) is 10.9. The first-order valence-electron chi connectivity index (χ1n) is 20.3. The van der Waals surface area contributed by atoms with Crippen molar-refractivity contribution in [1.82, 2.24) is 24.6 Å². The van der Waals surface area contributed by atoms with Crippen LogP contribution in [-0.2, 0) is 42.2 Å². The number of carbonyl (C=O) groups excluding carboxylic acids is 3. The van der Waals surface area contributed by atoms with E-state index < -0.39 is 35.7 Å². The van der Waals surface area contributed by atoms with Crippen LogP contribution in [0, 0.1) is 17.6 Å². The van der Waals surface area contributed by atoms with Crippen LogP contribution < -0.4 is 10.1 Å². The zero-order valence-electron chi connectivity index (χ0n) is 34.2. The molecule has 0 spiro atoms. The number of aryl methyl sites for hydroxylation is 1. The van der Waals surface area contributed by atoms with Crippen LogP contribution in [-0.4, -0.2) is 146 Å². The number of nitrogens with zero attached hydrogens (tertiary/aromatic N) is 4. The summed E-state index contributed by atoms with van der Waals surface area (Å²) in [6.45, 7) is 5.09. The predicted molar refractivity (Wildman–Crippen MR) is 213 cm³/mol. The van der Waals surface area contributed by atoms with Gasteiger partial charge in [0.15, 0.2) is 11.6 Å². The summed E-state index contributed by atoms with van der Waals surface area (Å²) >= 11 is 0. The van der Waals surface area contributed by atoms with Gasteiger partial charge in [-0.25, -0.2) is 9.18 Å². The Morgan fingerprint density at radius 2 is 1.41 bits per heavy atom. The van der Waals surface area contributed by atoms with Crippen molar-refractivity contribution in [2.24, 2.45) is 13.0 Å². The standard InChI is InChI=1S/C42H57F2N5O10/c1-29(46(2)42(53)54)39(50)45-37(31-12-8-5-9-13-31)41(52)49-16-14-48(15-17-49)40(51)35-26-32-34(47(35)3)27-33(43)36(44)38(32)59-25-24-57-21-20-55-18-19-56-22-23-58-28-30-10-6-4-7-11-30/h4,6-7,10-11,26-27,29,31,37H,5,8-9,12-25,28H2,1-3H3,(H,45,50)(H,53,54)/t29-,37-/m0/s1. The molecule has 2 atom stereocenters. The van der Waals surface area contributed by atoms with E-state index in [0.29, 0.717) is 39.6 Å². The Kier molecular flexibility index (Phi) is 17.3. The molecule has 1 saturated heterocycles. The lowest BCUT2D eigenvalue weighted by atomic mass is 9.83. The van der Waals surface area contributed by atoms with Crippen molar-refractivity contribution in [2.45, 2.75) is 57.7 Å². The molecule has 15 nitrogen and oxygen atoms in total. The SMILES string of the molecule is C[C@@H](C(=O)N[C@H](C(=O)N1CCN(C(=O)c2cc3c(OCCOCCOCCOCCOCc4ccccc4)c(F)c(F)cc3n2C)CC1)C1CCCCC1)N(C)C(=O)O. The summed E-state index contributed by atoms with van der Waals surface area (Å²) in [6.07, 6.45) is 3.17. The van der Waals surface area contributed by atoms with Gasteiger partial charge in [-0.1, -0.05) is 49.6 Å². The summed E-state index contributed by atoms with van der Waals surface area (Å²) < 4.78 is 59.2. The van der Waals surface area contributed by atoms with Crippen molar-refractivity contribution in [3.63, 3.8) is 0 Å². The lowest BCUT2D eigenvalue weighted by Crippen LogP contribution is -2.59. The maximum Gasteiger partial charge on any atom is 0.407 e. The van der Waals surface area contributed by atoms with Crippen molar-refractivity contribution in [1.29, 1.82) is 0 Å². The Labute approximate surface area is 343 Å². The highest BCUT2D eigenvalue weighted by molar-refractivity contribution is 6.00. The number of rotatable bonds is 21. The van der Waals surface area contributed by atoms with E-state index in [-0.39, 0.29) is 86.1 Å². The Hall–Kier alpha value is -4.84. The largest absolute Gasteiger partial charge is 0.487 e. The first-order valence-corrected chi connectivity index (χ1v) is 20.3. The number of hydrogen-bond donors (Lipinski definition) is 2. The minimum absolute atomic E-state index is 0.0762. The summed E-state index contributed by atoms with van der Waals surface area (Å²) in [7, 11) is 2.89. The molecule has 1 saturated carbocycles. The number of hydrogen-bond acceptors (Lipinski definition) is 9. The first-order chi connectivity index (χ1) is 28.5. The lowest BCUT2D eigenvalue weighted by molar-refractivity contribution is -0.140. The van der Waals surface area contributed by atoms with Crippen molar-refractivity contribution >= 4 is 34.7 Å². The van der Waals surface area contributed by atoms with Gasteiger partial charge in [0.25, 0.3) is 5.91 Å². The molecule has 59 heavy (non-hydrogen) atoms. The Bertz CT molecular complexity index is 1850. The maximum atomic E-state index is 15.1. The molecule has 1 aliphatic heterocycles. The number of carbonyl (C=O) groups is 4. The van der Waals surface area contributed by atoms with Gasteiger partial charge in [0.2, 0.25) is 17.6 Å². The molecule has 0 radical (unpaired) electrons. The molecule has 4 amide bonds. The van der Waals surface area contributed by atoms with Crippen molar-refractivity contribution in [3.05, 3.63) is 65.4 Å². The van der Waals surface area contributed by atoms with E-state index in [9.17, 15) is 28.7 Å². The lowest BCUT2D eigenvalue weighted by Gasteiger charge is -2.39. The molecule has 2 fully saturated rings. The van der Waals surface area contributed by atoms with E-state index in [1.807, 2.05) is 30.3 Å². The molecule has 0 bridgehead atoms. The van der Waals surface area contributed by atoms with Crippen LogP contribution in [0.15, 0.2) is 42.5 Å². The number of piperazine rings is 1. The van der Waals surface area contributed by atoms with Crippen LogP contribution in [0.4, 0.5) is 13.6 Å². The van der Waals surface area contributed by atoms with E-state index >= 15 is 4.39 Å². The molecule has 5 rings (SSSR count). The van der Waals surface area contributed by atoms with Crippen LogP contribution in [0.25, 0.3) is 10.9 Å². The molecule has 2 N–H and O–H groups in total. The highest BCUT2D eigenvalue weighted by Crippen LogP contribution is 2.34. The highest BCUT2D eigenvalue weighted by atomic mass is 19.2. The molecule has 17 heteroatoms. The summed E-state index contributed by atoms with van der Waals surface area (Å²) in [5.41, 5.74) is 1.56. The van der Waals surface area contributed by atoms with Gasteiger partial charge in [0, 0.05) is 51.7 Å². The van der Waals surface area contributed by atoms with Crippen molar-refractivity contribution < 1.29 is 56.7 Å². The first kappa shape index (κ1) is 45.2. The average Bonchev–Trinajstić information content (AvgIpc) is 3.58. The smallest absolute Gasteiger partial charge is 0.407 e. The topological polar surface area (TPSA) is 161 Å². The fraction of sp³-hybridized carbons (Fsp3) is 0.571. The fourth-order valence-electron chi connectivity index (χ4n) is 7.31. The molecule has 3 aromatic rings. The molecule has 2 heterocycles. The van der Waals surface area contributed by atoms with E-state index in [4.69, 9.17) is 23.7 Å². The van der Waals surface area contributed by atoms with Crippen LogP contribution in [0.5, 0.6) is 5.75 Å². The average molecular weight is 830 g/mol. The van der Waals surface area contributed by atoms with Gasteiger partial charge >= 0.3 is 6.09 Å². The van der Waals surface area contributed by atoms with Gasteiger partial charge in [0.05, 0.1) is 58.4 Å². The van der Waals surface area contributed by atoms with Gasteiger partial charge in [-0.2, -0.15) is 4.39 Å². The van der Waals surface area contributed by atoms with E-state index in [2.05, 4.69) is 5.32 Å². The predicted octanol–water partition coefficient (Wildman–Crippen LogP) is 4.45. The summed E-state index contributed by atoms with van der Waals surface area (Å²) in [5, 5.41) is 12.4. The molecular formula is C42H57F2N5O10.